The van der Waals surface area contributed by atoms with Gasteiger partial charge in [0.1, 0.15) is 11.0 Å². The van der Waals surface area contributed by atoms with E-state index in [1.165, 1.54) is 11.1 Å². The summed E-state index contributed by atoms with van der Waals surface area (Å²) in [5.41, 5.74) is 3.51. The lowest BCUT2D eigenvalue weighted by Crippen LogP contribution is -2.17. The molecule has 0 N–H and O–H groups in total. The van der Waals surface area contributed by atoms with Gasteiger partial charge < -0.3 is 9.30 Å². The van der Waals surface area contributed by atoms with Gasteiger partial charge in [-0.15, -0.1) is 11.8 Å². The molecule has 6 heteroatoms. The van der Waals surface area contributed by atoms with Crippen LogP contribution in [-0.2, 0) is 13.1 Å². The Labute approximate surface area is 146 Å². The number of hydrogen-bond donors (Lipinski definition) is 0. The van der Waals surface area contributed by atoms with Crippen LogP contribution in [0.15, 0.2) is 54.7 Å². The highest BCUT2D eigenvalue weighted by Gasteiger charge is 2.23. The molecule has 5 nitrogen and oxygen atoms in total. The van der Waals surface area contributed by atoms with Crippen molar-refractivity contribution in [2.45, 2.75) is 32.3 Å². The van der Waals surface area contributed by atoms with Crippen molar-refractivity contribution in [3.63, 3.8) is 0 Å². The molecule has 0 aliphatic carbocycles. The molecule has 124 valence electrons. The topological polar surface area (TPSA) is 38.4 Å². The zero-order valence-corrected chi connectivity index (χ0v) is 14.7. The molecule has 0 radical (unpaired) electrons. The van der Waals surface area contributed by atoms with Crippen LogP contribution in [0.3, 0.4) is 0 Å². The Balaban J connectivity index is 1.51. The first kappa shape index (κ1) is 15.3. The third-order valence-corrected chi connectivity index (χ3v) is 5.16. The molecule has 0 saturated carbocycles. The summed E-state index contributed by atoms with van der Waals surface area (Å²) < 4.78 is 4.08. The Morgan fingerprint density at radius 1 is 1.29 bits per heavy atom. The molecule has 0 aromatic carbocycles. The van der Waals surface area contributed by atoms with E-state index < -0.39 is 0 Å². The van der Waals surface area contributed by atoms with E-state index in [2.05, 4.69) is 65.0 Å². The molecule has 1 aliphatic rings. The summed E-state index contributed by atoms with van der Waals surface area (Å²) >= 11 is 1.83. The fraction of sp³-hybridized carbons (Fsp3) is 0.333. The molecule has 1 atom stereocenters. The molecule has 0 saturated heterocycles. The maximum Gasteiger partial charge on any atom is 0.136 e. The van der Waals surface area contributed by atoms with Gasteiger partial charge in [0.25, 0.3) is 0 Å². The predicted octanol–water partition coefficient (Wildman–Crippen LogP) is 3.91. The van der Waals surface area contributed by atoms with Crippen molar-refractivity contribution in [2.24, 2.45) is 5.92 Å². The lowest BCUT2D eigenvalue weighted by Gasteiger charge is -2.24. The molecular formula is C18H21N5S. The molecule has 1 aliphatic heterocycles. The smallest absolute Gasteiger partial charge is 0.136 e. The van der Waals surface area contributed by atoms with Gasteiger partial charge in [0.2, 0.25) is 0 Å². The standard InChI is InChI=1S/C18H21N5S/c1-14(2)11-23-13-16(10-20-23)18-22(7-8-24-18)12-15-3-5-21-6-4-19-17(21)9-15/h3-10,13-14,18H,11-12H2,1-2H3. The van der Waals surface area contributed by atoms with Crippen molar-refractivity contribution in [3.05, 3.63) is 65.9 Å². The van der Waals surface area contributed by atoms with Gasteiger partial charge in [-0.3, -0.25) is 4.68 Å². The van der Waals surface area contributed by atoms with E-state index in [0.717, 1.165) is 18.7 Å². The van der Waals surface area contributed by atoms with Crippen LogP contribution in [0, 0.1) is 5.92 Å². The fourth-order valence-electron chi connectivity index (χ4n) is 2.99. The maximum atomic E-state index is 4.51. The first-order valence-corrected chi connectivity index (χ1v) is 9.15. The van der Waals surface area contributed by atoms with Crippen LogP contribution in [-0.4, -0.2) is 24.1 Å². The molecule has 4 rings (SSSR count). The molecule has 3 aromatic heterocycles. The molecule has 1 unspecified atom stereocenters. The largest absolute Gasteiger partial charge is 0.356 e. The summed E-state index contributed by atoms with van der Waals surface area (Å²) in [5, 5.41) is 6.97. The number of pyridine rings is 1. The number of imidazole rings is 1. The Hall–Kier alpha value is -2.21. The maximum absolute atomic E-state index is 4.51. The summed E-state index contributed by atoms with van der Waals surface area (Å²) in [6.07, 6.45) is 12.2. The van der Waals surface area contributed by atoms with Gasteiger partial charge in [0, 0.05) is 49.6 Å². The SMILES string of the molecule is CC(C)Cn1cc(C2SC=CN2Cc2ccn3ccnc3c2)cn1. The van der Waals surface area contributed by atoms with E-state index in [1.807, 2.05) is 39.4 Å². The minimum Gasteiger partial charge on any atom is -0.356 e. The zero-order valence-electron chi connectivity index (χ0n) is 13.9. The van der Waals surface area contributed by atoms with E-state index in [-0.39, 0.29) is 0 Å². The van der Waals surface area contributed by atoms with E-state index >= 15 is 0 Å². The lowest BCUT2D eigenvalue weighted by atomic mass is 10.2. The molecule has 0 fully saturated rings. The molecule has 4 heterocycles. The van der Waals surface area contributed by atoms with Crippen LogP contribution < -0.4 is 0 Å². The minimum absolute atomic E-state index is 0.293. The number of aromatic nitrogens is 4. The Bertz CT molecular complexity index is 863. The first-order valence-electron chi connectivity index (χ1n) is 8.21. The summed E-state index contributed by atoms with van der Waals surface area (Å²) in [6, 6.07) is 4.31. The monoisotopic (exact) mass is 339 g/mol. The molecular weight excluding hydrogens is 318 g/mol. The van der Waals surface area contributed by atoms with E-state index in [9.17, 15) is 0 Å². The summed E-state index contributed by atoms with van der Waals surface area (Å²) in [4.78, 5) is 6.73. The second kappa shape index (κ2) is 6.36. The number of nitrogens with zero attached hydrogens (tertiary/aromatic N) is 5. The Morgan fingerprint density at radius 2 is 2.21 bits per heavy atom. The number of hydrogen-bond acceptors (Lipinski definition) is 4. The third-order valence-electron chi connectivity index (χ3n) is 4.08. The second-order valence-corrected chi connectivity index (χ2v) is 7.55. The molecule has 0 bridgehead atoms. The van der Waals surface area contributed by atoms with Crippen LogP contribution in [0.1, 0.15) is 30.3 Å². The molecule has 3 aromatic rings. The summed E-state index contributed by atoms with van der Waals surface area (Å²) in [5.74, 6) is 0.601. The summed E-state index contributed by atoms with van der Waals surface area (Å²) in [6.45, 7) is 6.25. The van der Waals surface area contributed by atoms with E-state index in [4.69, 9.17) is 0 Å². The van der Waals surface area contributed by atoms with Crippen molar-refractivity contribution >= 4 is 17.4 Å². The number of rotatable bonds is 5. The van der Waals surface area contributed by atoms with Gasteiger partial charge in [0.15, 0.2) is 0 Å². The van der Waals surface area contributed by atoms with Gasteiger partial charge in [-0.25, -0.2) is 4.98 Å². The Kier molecular flexibility index (Phi) is 4.06. The highest BCUT2D eigenvalue weighted by atomic mass is 32.2. The van der Waals surface area contributed by atoms with Gasteiger partial charge in [0.05, 0.1) is 6.20 Å². The minimum atomic E-state index is 0.293. The molecule has 24 heavy (non-hydrogen) atoms. The number of fused-ring (bicyclic) bond motifs is 1. The highest BCUT2D eigenvalue weighted by molar-refractivity contribution is 8.02. The average Bonchev–Trinajstić information content (AvgIpc) is 3.26. The lowest BCUT2D eigenvalue weighted by molar-refractivity contribution is 0.360. The van der Waals surface area contributed by atoms with E-state index in [1.54, 1.807) is 0 Å². The zero-order chi connectivity index (χ0) is 16.5. The average molecular weight is 339 g/mol. The van der Waals surface area contributed by atoms with Crippen molar-refractivity contribution in [1.82, 2.24) is 24.1 Å². The molecule has 0 spiro atoms. The second-order valence-electron chi connectivity index (χ2n) is 6.56. The van der Waals surface area contributed by atoms with Crippen LogP contribution >= 0.6 is 11.8 Å². The third kappa shape index (κ3) is 3.06. The van der Waals surface area contributed by atoms with Gasteiger partial charge in [-0.1, -0.05) is 13.8 Å². The molecule has 0 amide bonds. The Morgan fingerprint density at radius 3 is 3.08 bits per heavy atom. The van der Waals surface area contributed by atoms with Gasteiger partial charge in [-0.2, -0.15) is 5.10 Å². The van der Waals surface area contributed by atoms with Crippen LogP contribution in [0.4, 0.5) is 0 Å². The van der Waals surface area contributed by atoms with Crippen molar-refractivity contribution < 1.29 is 0 Å². The van der Waals surface area contributed by atoms with Crippen molar-refractivity contribution in [1.29, 1.82) is 0 Å². The van der Waals surface area contributed by atoms with Gasteiger partial charge in [-0.05, 0) is 29.0 Å². The van der Waals surface area contributed by atoms with Crippen LogP contribution in [0.5, 0.6) is 0 Å². The fourth-order valence-corrected chi connectivity index (χ4v) is 3.95. The summed E-state index contributed by atoms with van der Waals surface area (Å²) in [7, 11) is 0. The van der Waals surface area contributed by atoms with Crippen LogP contribution in [0.2, 0.25) is 0 Å². The predicted molar refractivity (Wildman–Crippen MR) is 97.3 cm³/mol. The van der Waals surface area contributed by atoms with Crippen molar-refractivity contribution in [3.8, 4) is 0 Å². The van der Waals surface area contributed by atoms with E-state index in [0.29, 0.717) is 11.3 Å². The number of thioether (sulfide) groups is 1. The quantitative estimate of drug-likeness (QED) is 0.706. The van der Waals surface area contributed by atoms with Gasteiger partial charge >= 0.3 is 0 Å². The normalized spacial score (nSPS) is 17.5. The van der Waals surface area contributed by atoms with Crippen molar-refractivity contribution in [2.75, 3.05) is 0 Å². The van der Waals surface area contributed by atoms with Crippen LogP contribution in [0.25, 0.3) is 5.65 Å². The highest BCUT2D eigenvalue weighted by Crippen LogP contribution is 2.39. The first-order chi connectivity index (χ1) is 11.7.